The Labute approximate surface area is 154 Å². The lowest BCUT2D eigenvalue weighted by molar-refractivity contribution is 0.0599. The Bertz CT molecular complexity index is 824. The molecule has 136 valence electrons. The number of alkyl halides is 2. The van der Waals surface area contributed by atoms with E-state index in [1.807, 2.05) is 0 Å². The third-order valence-corrected chi connectivity index (χ3v) is 4.95. The molecule has 0 fully saturated rings. The van der Waals surface area contributed by atoms with Crippen molar-refractivity contribution in [3.63, 3.8) is 0 Å². The van der Waals surface area contributed by atoms with E-state index in [-0.39, 0.29) is 5.91 Å². The molecular weight excluding hydrogens is 360 g/mol. The SMILES string of the molecule is COC(=O)c1cccc2c1CCCN2C(=O)c1ccc(SC(F)F)cc1. The molecule has 0 aliphatic carbocycles. The molecule has 0 unspecified atom stereocenters. The minimum atomic E-state index is -2.50. The number of carbonyl (C=O) groups excluding carboxylic acids is 2. The molecule has 0 aromatic heterocycles. The van der Waals surface area contributed by atoms with Crippen LogP contribution in [-0.4, -0.2) is 31.3 Å². The summed E-state index contributed by atoms with van der Waals surface area (Å²) in [6.07, 6.45) is 1.42. The first-order valence-electron chi connectivity index (χ1n) is 8.08. The van der Waals surface area contributed by atoms with Gasteiger partial charge >= 0.3 is 5.97 Å². The topological polar surface area (TPSA) is 46.6 Å². The lowest BCUT2D eigenvalue weighted by Gasteiger charge is -2.30. The number of ether oxygens (including phenoxy) is 1. The van der Waals surface area contributed by atoms with Crippen LogP contribution in [0.15, 0.2) is 47.4 Å². The fraction of sp³-hybridized carbons (Fsp3) is 0.263. The second-order valence-electron chi connectivity index (χ2n) is 5.76. The zero-order valence-corrected chi connectivity index (χ0v) is 14.9. The van der Waals surface area contributed by atoms with Crippen molar-refractivity contribution in [1.82, 2.24) is 0 Å². The van der Waals surface area contributed by atoms with Crippen molar-refractivity contribution < 1.29 is 23.1 Å². The quantitative estimate of drug-likeness (QED) is 0.586. The molecule has 1 amide bonds. The second kappa shape index (κ2) is 7.86. The first kappa shape index (κ1) is 18.4. The molecule has 0 atom stereocenters. The van der Waals surface area contributed by atoms with Gasteiger partial charge in [0.05, 0.1) is 12.7 Å². The average molecular weight is 377 g/mol. The van der Waals surface area contributed by atoms with Gasteiger partial charge in [-0.25, -0.2) is 4.79 Å². The maximum atomic E-state index is 12.9. The summed E-state index contributed by atoms with van der Waals surface area (Å²) in [5.41, 5.74) is 2.37. The number of hydrogen-bond acceptors (Lipinski definition) is 4. The van der Waals surface area contributed by atoms with Gasteiger partial charge in [-0.3, -0.25) is 4.79 Å². The molecule has 1 heterocycles. The standard InChI is InChI=1S/C19H17F2NO3S/c1-25-18(24)15-4-2-6-16-14(15)5-3-11-22(16)17(23)12-7-9-13(10-8-12)26-19(20)21/h2,4,6-10,19H,3,5,11H2,1H3. The number of thioether (sulfide) groups is 1. The van der Waals surface area contributed by atoms with Gasteiger partial charge in [0.25, 0.3) is 11.7 Å². The number of fused-ring (bicyclic) bond motifs is 1. The molecule has 0 spiro atoms. The maximum absolute atomic E-state index is 12.9. The van der Waals surface area contributed by atoms with E-state index >= 15 is 0 Å². The zero-order chi connectivity index (χ0) is 18.7. The first-order chi connectivity index (χ1) is 12.5. The number of anilines is 1. The van der Waals surface area contributed by atoms with E-state index < -0.39 is 11.7 Å². The molecule has 0 saturated carbocycles. The largest absolute Gasteiger partial charge is 0.465 e. The highest BCUT2D eigenvalue weighted by atomic mass is 32.2. The Kier molecular flexibility index (Phi) is 5.56. The van der Waals surface area contributed by atoms with Crippen molar-refractivity contribution in [2.75, 3.05) is 18.6 Å². The van der Waals surface area contributed by atoms with Gasteiger partial charge in [-0.2, -0.15) is 8.78 Å². The molecule has 0 N–H and O–H groups in total. The predicted molar refractivity (Wildman–Crippen MR) is 96.1 cm³/mol. The normalized spacial score (nSPS) is 13.5. The number of methoxy groups -OCH3 is 1. The lowest BCUT2D eigenvalue weighted by Crippen LogP contribution is -2.36. The van der Waals surface area contributed by atoms with Gasteiger partial charge in [0.15, 0.2) is 0 Å². The van der Waals surface area contributed by atoms with Gasteiger partial charge in [-0.1, -0.05) is 17.8 Å². The van der Waals surface area contributed by atoms with E-state index in [9.17, 15) is 18.4 Å². The van der Waals surface area contributed by atoms with Crippen LogP contribution in [0.2, 0.25) is 0 Å². The summed E-state index contributed by atoms with van der Waals surface area (Å²) in [6.45, 7) is 0.532. The number of rotatable bonds is 4. The van der Waals surface area contributed by atoms with Crippen LogP contribution in [-0.2, 0) is 11.2 Å². The summed E-state index contributed by atoms with van der Waals surface area (Å²) in [5.74, 6) is -3.15. The summed E-state index contributed by atoms with van der Waals surface area (Å²) in [4.78, 5) is 26.9. The van der Waals surface area contributed by atoms with Gasteiger partial charge in [0.1, 0.15) is 0 Å². The number of hydrogen-bond donors (Lipinski definition) is 0. The molecule has 7 heteroatoms. The highest BCUT2D eigenvalue weighted by Gasteiger charge is 2.27. The Balaban J connectivity index is 1.89. The van der Waals surface area contributed by atoms with Gasteiger partial charge in [0.2, 0.25) is 0 Å². The Morgan fingerprint density at radius 2 is 1.88 bits per heavy atom. The van der Waals surface area contributed by atoms with Crippen LogP contribution in [0.3, 0.4) is 0 Å². The number of benzene rings is 2. The Hall–Kier alpha value is -2.41. The van der Waals surface area contributed by atoms with Crippen LogP contribution in [0.25, 0.3) is 0 Å². The second-order valence-corrected chi connectivity index (χ2v) is 6.82. The van der Waals surface area contributed by atoms with Crippen LogP contribution < -0.4 is 4.90 Å². The number of carbonyl (C=O) groups is 2. The zero-order valence-electron chi connectivity index (χ0n) is 14.1. The van der Waals surface area contributed by atoms with Crippen LogP contribution >= 0.6 is 11.8 Å². The van der Waals surface area contributed by atoms with E-state index in [2.05, 4.69) is 0 Å². The van der Waals surface area contributed by atoms with Crippen molar-refractivity contribution in [3.8, 4) is 0 Å². The molecule has 2 aromatic rings. The molecule has 26 heavy (non-hydrogen) atoms. The van der Waals surface area contributed by atoms with Crippen molar-refractivity contribution in [2.45, 2.75) is 23.5 Å². The minimum Gasteiger partial charge on any atom is -0.465 e. The van der Waals surface area contributed by atoms with Gasteiger partial charge in [-0.15, -0.1) is 0 Å². The molecule has 3 rings (SSSR count). The highest BCUT2D eigenvalue weighted by Crippen LogP contribution is 2.32. The first-order valence-corrected chi connectivity index (χ1v) is 8.96. The van der Waals surface area contributed by atoms with Crippen molar-refractivity contribution in [1.29, 1.82) is 0 Å². The summed E-state index contributed by atoms with van der Waals surface area (Å²) in [5, 5.41) is 0. The molecule has 2 aromatic carbocycles. The summed E-state index contributed by atoms with van der Waals surface area (Å²) in [7, 11) is 1.33. The third-order valence-electron chi connectivity index (χ3n) is 4.23. The van der Waals surface area contributed by atoms with Crippen molar-refractivity contribution in [3.05, 3.63) is 59.2 Å². The number of halogens is 2. The predicted octanol–water partition coefficient (Wildman–Crippen LogP) is 4.38. The Morgan fingerprint density at radius 1 is 1.15 bits per heavy atom. The van der Waals surface area contributed by atoms with Crippen molar-refractivity contribution >= 4 is 29.3 Å². The molecule has 1 aliphatic rings. The maximum Gasteiger partial charge on any atom is 0.338 e. The summed E-state index contributed by atoms with van der Waals surface area (Å²) in [6, 6.07) is 11.3. The molecule has 0 bridgehead atoms. The fourth-order valence-corrected chi connectivity index (χ4v) is 3.57. The van der Waals surface area contributed by atoms with Crippen LogP contribution in [0.5, 0.6) is 0 Å². The molecule has 0 saturated heterocycles. The third kappa shape index (κ3) is 3.72. The summed E-state index contributed by atoms with van der Waals surface area (Å²) < 4.78 is 29.7. The van der Waals surface area contributed by atoms with Gasteiger partial charge in [0, 0.05) is 22.7 Å². The smallest absolute Gasteiger partial charge is 0.338 e. The van der Waals surface area contributed by atoms with Gasteiger partial charge in [-0.05, 0) is 54.8 Å². The molecule has 0 radical (unpaired) electrons. The monoisotopic (exact) mass is 377 g/mol. The molecule has 1 aliphatic heterocycles. The Morgan fingerprint density at radius 3 is 2.54 bits per heavy atom. The average Bonchev–Trinajstić information content (AvgIpc) is 2.66. The molecule has 4 nitrogen and oxygen atoms in total. The van der Waals surface area contributed by atoms with E-state index in [1.165, 1.54) is 19.2 Å². The fourth-order valence-electron chi connectivity index (χ4n) is 3.07. The van der Waals surface area contributed by atoms with Gasteiger partial charge < -0.3 is 9.64 Å². The lowest BCUT2D eigenvalue weighted by atomic mass is 9.95. The summed E-state index contributed by atoms with van der Waals surface area (Å²) >= 11 is 0.441. The number of amides is 1. The van der Waals surface area contributed by atoms with E-state index in [0.29, 0.717) is 46.4 Å². The molecular formula is C19H17F2NO3S. The van der Waals surface area contributed by atoms with Crippen molar-refractivity contribution in [2.24, 2.45) is 0 Å². The number of esters is 1. The van der Waals surface area contributed by atoms with E-state index in [0.717, 1.165) is 12.0 Å². The minimum absolute atomic E-state index is 0.221. The van der Waals surface area contributed by atoms with Crippen LogP contribution in [0, 0.1) is 0 Å². The van der Waals surface area contributed by atoms with E-state index in [1.54, 1.807) is 35.2 Å². The van der Waals surface area contributed by atoms with Crippen LogP contribution in [0.4, 0.5) is 14.5 Å². The highest BCUT2D eigenvalue weighted by molar-refractivity contribution is 7.99. The van der Waals surface area contributed by atoms with E-state index in [4.69, 9.17) is 4.74 Å². The number of nitrogens with zero attached hydrogens (tertiary/aromatic N) is 1. The van der Waals surface area contributed by atoms with Crippen LogP contribution in [0.1, 0.15) is 32.7 Å².